The molecule has 104 valence electrons. The van der Waals surface area contributed by atoms with E-state index in [1.165, 1.54) is 6.07 Å². The minimum Gasteiger partial charge on any atom is -0.349 e. The first kappa shape index (κ1) is 14.0. The summed E-state index contributed by atoms with van der Waals surface area (Å²) in [5.74, 6) is -0.916. The normalized spacial score (nSPS) is 17.0. The molecule has 0 saturated heterocycles. The molecule has 1 aliphatic carbocycles. The number of hydrogen-bond donors (Lipinski definition) is 2. The average Bonchev–Trinajstić information content (AvgIpc) is 3.11. The molecule has 0 spiro atoms. The first-order valence-electron chi connectivity index (χ1n) is 5.92. The Morgan fingerprint density at radius 2 is 2.11 bits per heavy atom. The van der Waals surface area contributed by atoms with E-state index in [1.807, 2.05) is 6.92 Å². The first-order chi connectivity index (χ1) is 8.79. The van der Waals surface area contributed by atoms with E-state index in [2.05, 4.69) is 5.32 Å². The van der Waals surface area contributed by atoms with Crippen molar-refractivity contribution in [1.29, 1.82) is 0 Å². The Kier molecular flexibility index (Phi) is 3.60. The van der Waals surface area contributed by atoms with Crippen molar-refractivity contribution in [3.63, 3.8) is 0 Å². The van der Waals surface area contributed by atoms with E-state index in [9.17, 15) is 17.6 Å². The van der Waals surface area contributed by atoms with E-state index < -0.39 is 26.6 Å². The van der Waals surface area contributed by atoms with Gasteiger partial charge in [0.05, 0.1) is 0 Å². The summed E-state index contributed by atoms with van der Waals surface area (Å²) < 4.78 is 35.7. The lowest BCUT2D eigenvalue weighted by Crippen LogP contribution is -2.34. The van der Waals surface area contributed by atoms with Crippen molar-refractivity contribution in [2.75, 3.05) is 0 Å². The number of halogens is 1. The highest BCUT2D eigenvalue weighted by molar-refractivity contribution is 7.89. The van der Waals surface area contributed by atoms with Crippen LogP contribution < -0.4 is 10.5 Å². The van der Waals surface area contributed by atoms with Gasteiger partial charge in [-0.15, -0.1) is 0 Å². The van der Waals surface area contributed by atoms with Crippen LogP contribution in [-0.2, 0) is 10.0 Å². The quantitative estimate of drug-likeness (QED) is 0.865. The Balaban J connectivity index is 2.22. The number of benzene rings is 1. The van der Waals surface area contributed by atoms with Gasteiger partial charge in [0.2, 0.25) is 10.0 Å². The number of hydrogen-bond acceptors (Lipinski definition) is 3. The number of carbonyl (C=O) groups excluding carboxylic acids is 1. The van der Waals surface area contributed by atoms with Gasteiger partial charge in [0, 0.05) is 11.6 Å². The van der Waals surface area contributed by atoms with Crippen LogP contribution in [0.3, 0.4) is 0 Å². The topological polar surface area (TPSA) is 89.3 Å². The van der Waals surface area contributed by atoms with Crippen LogP contribution in [0.4, 0.5) is 4.39 Å². The molecule has 1 unspecified atom stereocenters. The minimum absolute atomic E-state index is 0.0236. The van der Waals surface area contributed by atoms with Gasteiger partial charge in [-0.2, -0.15) is 0 Å². The molecule has 0 bridgehead atoms. The monoisotopic (exact) mass is 286 g/mol. The summed E-state index contributed by atoms with van der Waals surface area (Å²) in [5, 5.41) is 7.65. The summed E-state index contributed by atoms with van der Waals surface area (Å²) in [4.78, 5) is 11.2. The smallest absolute Gasteiger partial charge is 0.251 e. The molecule has 0 aliphatic heterocycles. The van der Waals surface area contributed by atoms with Gasteiger partial charge in [0.15, 0.2) is 0 Å². The largest absolute Gasteiger partial charge is 0.349 e. The van der Waals surface area contributed by atoms with E-state index >= 15 is 0 Å². The lowest BCUT2D eigenvalue weighted by molar-refractivity contribution is 0.0935. The third kappa shape index (κ3) is 3.30. The van der Waals surface area contributed by atoms with E-state index in [0.717, 1.165) is 25.0 Å². The zero-order chi connectivity index (χ0) is 14.2. The molecule has 1 aliphatic rings. The molecule has 0 radical (unpaired) electrons. The van der Waals surface area contributed by atoms with Gasteiger partial charge in [0.1, 0.15) is 10.7 Å². The third-order valence-electron chi connectivity index (χ3n) is 3.19. The molecule has 1 amide bonds. The predicted octanol–water partition coefficient (Wildman–Crippen LogP) is 1.00. The maximum Gasteiger partial charge on any atom is 0.251 e. The van der Waals surface area contributed by atoms with Crippen molar-refractivity contribution in [2.24, 2.45) is 11.1 Å². The number of nitrogens with one attached hydrogen (secondary N) is 1. The fourth-order valence-corrected chi connectivity index (χ4v) is 2.50. The summed E-state index contributed by atoms with van der Waals surface area (Å²) in [6, 6.07) is 3.14. The maximum atomic E-state index is 13.3. The molecule has 1 aromatic rings. The number of nitrogens with two attached hydrogens (primary N) is 1. The summed E-state index contributed by atoms with van der Waals surface area (Å²) in [6.45, 7) is 1.89. The SMILES string of the molecule is CC(NC(=O)c1ccc(F)c(S(N)(=O)=O)c1)C1CC1. The van der Waals surface area contributed by atoms with Gasteiger partial charge in [-0.05, 0) is 43.9 Å². The molecule has 3 N–H and O–H groups in total. The average molecular weight is 286 g/mol. The van der Waals surface area contributed by atoms with E-state index in [0.29, 0.717) is 5.92 Å². The van der Waals surface area contributed by atoms with Crippen molar-refractivity contribution in [1.82, 2.24) is 5.32 Å². The fourth-order valence-electron chi connectivity index (χ4n) is 1.87. The van der Waals surface area contributed by atoms with Gasteiger partial charge >= 0.3 is 0 Å². The van der Waals surface area contributed by atoms with Crippen molar-refractivity contribution in [2.45, 2.75) is 30.7 Å². The second kappa shape index (κ2) is 4.90. The van der Waals surface area contributed by atoms with Crippen LogP contribution in [0.5, 0.6) is 0 Å². The molecule has 0 aromatic heterocycles. The molecule has 7 heteroatoms. The molecule has 19 heavy (non-hydrogen) atoms. The van der Waals surface area contributed by atoms with E-state index in [-0.39, 0.29) is 11.6 Å². The van der Waals surface area contributed by atoms with E-state index in [1.54, 1.807) is 0 Å². The highest BCUT2D eigenvalue weighted by atomic mass is 32.2. The second-order valence-corrected chi connectivity index (χ2v) is 6.32. The Morgan fingerprint density at radius 1 is 1.47 bits per heavy atom. The Hall–Kier alpha value is -1.47. The van der Waals surface area contributed by atoms with Crippen LogP contribution in [0.2, 0.25) is 0 Å². The van der Waals surface area contributed by atoms with Crippen molar-refractivity contribution < 1.29 is 17.6 Å². The van der Waals surface area contributed by atoms with Gasteiger partial charge in [-0.1, -0.05) is 0 Å². The summed E-state index contributed by atoms with van der Waals surface area (Å²) in [6.07, 6.45) is 2.15. The van der Waals surface area contributed by atoms with Gasteiger partial charge in [-0.25, -0.2) is 17.9 Å². The number of primary sulfonamides is 1. The highest BCUT2D eigenvalue weighted by Gasteiger charge is 2.29. The van der Waals surface area contributed by atoms with Crippen LogP contribution in [0.1, 0.15) is 30.1 Å². The molecule has 1 atom stereocenters. The van der Waals surface area contributed by atoms with Crippen molar-refractivity contribution in [3.8, 4) is 0 Å². The lowest BCUT2D eigenvalue weighted by atomic mass is 10.1. The second-order valence-electron chi connectivity index (χ2n) is 4.79. The van der Waals surface area contributed by atoms with Gasteiger partial charge < -0.3 is 5.32 Å². The van der Waals surface area contributed by atoms with Crippen LogP contribution in [-0.4, -0.2) is 20.4 Å². The standard InChI is InChI=1S/C12H15FN2O3S/c1-7(8-2-3-8)15-12(16)9-4-5-10(13)11(6-9)19(14,17)18/h4-8H,2-3H2,1H3,(H,15,16)(H2,14,17,18). The minimum atomic E-state index is -4.18. The summed E-state index contributed by atoms with van der Waals surface area (Å²) in [5.41, 5.74) is 0.0814. The Morgan fingerprint density at radius 3 is 2.63 bits per heavy atom. The number of carbonyl (C=O) groups is 1. The molecular weight excluding hydrogens is 271 g/mol. The molecular formula is C12H15FN2O3S. The molecule has 2 rings (SSSR count). The molecule has 0 heterocycles. The van der Waals surface area contributed by atoms with E-state index in [4.69, 9.17) is 5.14 Å². The third-order valence-corrected chi connectivity index (χ3v) is 4.11. The van der Waals surface area contributed by atoms with Gasteiger partial charge in [0.25, 0.3) is 5.91 Å². The zero-order valence-corrected chi connectivity index (χ0v) is 11.2. The molecule has 1 aromatic carbocycles. The predicted molar refractivity (Wildman–Crippen MR) is 67.4 cm³/mol. The van der Waals surface area contributed by atoms with Crippen LogP contribution in [0, 0.1) is 11.7 Å². The maximum absolute atomic E-state index is 13.3. The molecule has 5 nitrogen and oxygen atoms in total. The highest BCUT2D eigenvalue weighted by Crippen LogP contribution is 2.32. The number of amides is 1. The van der Waals surface area contributed by atoms with Crippen LogP contribution >= 0.6 is 0 Å². The molecule has 1 fully saturated rings. The first-order valence-corrected chi connectivity index (χ1v) is 7.47. The summed E-state index contributed by atoms with van der Waals surface area (Å²) >= 11 is 0. The fraction of sp³-hybridized carbons (Fsp3) is 0.417. The number of sulfonamides is 1. The molecule has 1 saturated carbocycles. The Bertz CT molecular complexity index is 611. The summed E-state index contributed by atoms with van der Waals surface area (Å²) in [7, 11) is -4.18. The van der Waals surface area contributed by atoms with Crippen molar-refractivity contribution >= 4 is 15.9 Å². The van der Waals surface area contributed by atoms with Crippen LogP contribution in [0.25, 0.3) is 0 Å². The Labute approximate surface area is 111 Å². The van der Waals surface area contributed by atoms with Crippen LogP contribution in [0.15, 0.2) is 23.1 Å². The van der Waals surface area contributed by atoms with Crippen molar-refractivity contribution in [3.05, 3.63) is 29.6 Å². The lowest BCUT2D eigenvalue weighted by Gasteiger charge is -2.13. The number of rotatable bonds is 4. The zero-order valence-electron chi connectivity index (χ0n) is 10.4. The van der Waals surface area contributed by atoms with Gasteiger partial charge in [-0.3, -0.25) is 4.79 Å².